The maximum Gasteiger partial charge on any atom is 0.317 e. The molecule has 0 aliphatic heterocycles. The molecule has 0 unspecified atom stereocenters. The number of carbonyl (C=O) groups excluding carboxylic acids is 1. The van der Waals surface area contributed by atoms with E-state index in [0.717, 1.165) is 5.76 Å². The summed E-state index contributed by atoms with van der Waals surface area (Å²) in [7, 11) is 1.54. The van der Waals surface area contributed by atoms with Crippen molar-refractivity contribution in [3.63, 3.8) is 0 Å². The lowest BCUT2D eigenvalue weighted by Crippen LogP contribution is -2.43. The minimum atomic E-state index is -0.711. The van der Waals surface area contributed by atoms with E-state index in [1.807, 2.05) is 6.07 Å². The Kier molecular flexibility index (Phi) is 4.33. The molecule has 0 saturated carbocycles. The fraction of sp³-hybridized carbons (Fsp3) is 0.235. The molecule has 1 aromatic carbocycles. The molecule has 0 spiro atoms. The summed E-state index contributed by atoms with van der Waals surface area (Å²) in [5.41, 5.74) is -0.217. The van der Waals surface area contributed by atoms with Gasteiger partial charge in [0.05, 0.1) is 17.3 Å². The van der Waals surface area contributed by atoms with Crippen LogP contribution in [-0.2, 0) is 24.8 Å². The van der Waals surface area contributed by atoms with Crippen LogP contribution < -0.4 is 16.4 Å². The molecule has 0 aliphatic carbocycles. The van der Waals surface area contributed by atoms with Crippen LogP contribution in [0.5, 0.6) is 0 Å². The van der Waals surface area contributed by atoms with Gasteiger partial charge in [-0.3, -0.25) is 19.0 Å². The summed E-state index contributed by atoms with van der Waals surface area (Å²) >= 11 is 0. The summed E-state index contributed by atoms with van der Waals surface area (Å²) < 4.78 is 7.69. The fourth-order valence-corrected chi connectivity index (χ4v) is 2.59. The van der Waals surface area contributed by atoms with Gasteiger partial charge in [-0.15, -0.1) is 0 Å². The topological polar surface area (TPSA) is 86.2 Å². The third kappa shape index (κ3) is 3.01. The molecule has 0 atom stereocenters. The van der Waals surface area contributed by atoms with Crippen LogP contribution in [0.15, 0.2) is 56.7 Å². The first-order valence-corrected chi connectivity index (χ1v) is 7.55. The van der Waals surface area contributed by atoms with Crippen molar-refractivity contribution in [2.75, 3.05) is 6.54 Å². The van der Waals surface area contributed by atoms with Gasteiger partial charge in [0.15, 0.2) is 0 Å². The van der Waals surface area contributed by atoms with E-state index in [1.54, 1.807) is 43.6 Å². The monoisotopic (exact) mass is 327 g/mol. The first-order chi connectivity index (χ1) is 11.6. The molecule has 3 aromatic rings. The van der Waals surface area contributed by atoms with Crippen molar-refractivity contribution in [2.45, 2.75) is 13.0 Å². The summed E-state index contributed by atoms with van der Waals surface area (Å²) in [6.45, 7) is 0.192. The molecule has 0 fully saturated rings. The van der Waals surface area contributed by atoms with Gasteiger partial charge in [-0.1, -0.05) is 12.1 Å². The molecule has 0 saturated heterocycles. The highest BCUT2D eigenvalue weighted by atomic mass is 16.3. The number of nitrogens with zero attached hydrogens (tertiary/aromatic N) is 2. The number of carbonyl (C=O) groups is 1. The Bertz CT molecular complexity index is 983. The van der Waals surface area contributed by atoms with Crippen LogP contribution in [0.4, 0.5) is 0 Å². The van der Waals surface area contributed by atoms with Crippen LogP contribution in [0.3, 0.4) is 0 Å². The van der Waals surface area contributed by atoms with E-state index in [2.05, 4.69) is 5.32 Å². The lowest BCUT2D eigenvalue weighted by atomic mass is 10.3. The summed E-state index contributed by atoms with van der Waals surface area (Å²) in [6, 6.07) is 10.6. The molecule has 0 radical (unpaired) electrons. The molecule has 1 amide bonds. The number of hydrogen-bond donors (Lipinski definition) is 1. The molecule has 1 N–H and O–H groups in total. The zero-order valence-corrected chi connectivity index (χ0v) is 13.2. The van der Waals surface area contributed by atoms with Crippen molar-refractivity contribution in [3.05, 3.63) is 69.1 Å². The second-order valence-electron chi connectivity index (χ2n) is 5.42. The van der Waals surface area contributed by atoms with Gasteiger partial charge in [0.1, 0.15) is 12.3 Å². The summed E-state index contributed by atoms with van der Waals surface area (Å²) in [5.74, 6) is 0.438. The Morgan fingerprint density at radius 2 is 1.83 bits per heavy atom. The van der Waals surface area contributed by atoms with Gasteiger partial charge in [-0.05, 0) is 24.3 Å². The van der Waals surface area contributed by atoms with Crippen molar-refractivity contribution < 1.29 is 9.21 Å². The van der Waals surface area contributed by atoms with Crippen LogP contribution in [0.2, 0.25) is 0 Å². The van der Waals surface area contributed by atoms with Crippen LogP contribution in [-0.4, -0.2) is 21.6 Å². The number of aryl methyl sites for hydroxylation is 1. The van der Waals surface area contributed by atoms with E-state index in [1.165, 1.54) is 9.13 Å². The van der Waals surface area contributed by atoms with E-state index < -0.39 is 11.1 Å². The lowest BCUT2D eigenvalue weighted by molar-refractivity contribution is -0.121. The quantitative estimate of drug-likeness (QED) is 0.697. The first-order valence-electron chi connectivity index (χ1n) is 7.55. The highest BCUT2D eigenvalue weighted by Crippen LogP contribution is 2.09. The average Bonchev–Trinajstić information content (AvgIpc) is 3.10. The summed E-state index contributed by atoms with van der Waals surface area (Å²) in [4.78, 5) is 36.4. The van der Waals surface area contributed by atoms with Crippen molar-refractivity contribution in [3.8, 4) is 0 Å². The molecule has 124 valence electrons. The molecule has 2 aromatic heterocycles. The zero-order chi connectivity index (χ0) is 17.1. The van der Waals surface area contributed by atoms with Gasteiger partial charge in [0, 0.05) is 20.0 Å². The largest absolute Gasteiger partial charge is 0.469 e. The van der Waals surface area contributed by atoms with E-state index in [4.69, 9.17) is 4.42 Å². The standard InChI is InChI=1S/C17H17N3O4/c1-19-13-6-2-3-7-14(13)20(17(23)16(19)22)11-15(21)18-9-8-12-5-4-10-24-12/h2-7,10H,8-9,11H2,1H3,(H,18,21). The smallest absolute Gasteiger partial charge is 0.317 e. The van der Waals surface area contributed by atoms with Crippen molar-refractivity contribution in [1.82, 2.24) is 14.5 Å². The SMILES string of the molecule is Cn1c(=O)c(=O)n(CC(=O)NCCc2ccco2)c2ccccc21. The number of hydrogen-bond acceptors (Lipinski definition) is 4. The number of para-hydroxylation sites is 2. The molecule has 2 heterocycles. The number of rotatable bonds is 5. The van der Waals surface area contributed by atoms with E-state index >= 15 is 0 Å². The maximum absolute atomic E-state index is 12.2. The summed E-state index contributed by atoms with van der Waals surface area (Å²) in [5, 5.41) is 2.73. The van der Waals surface area contributed by atoms with Crippen molar-refractivity contribution in [2.24, 2.45) is 7.05 Å². The highest BCUT2D eigenvalue weighted by molar-refractivity contribution is 5.80. The number of fused-ring (bicyclic) bond motifs is 1. The Morgan fingerprint density at radius 3 is 2.54 bits per heavy atom. The van der Waals surface area contributed by atoms with Gasteiger partial charge in [-0.25, -0.2) is 0 Å². The van der Waals surface area contributed by atoms with Crippen LogP contribution in [0, 0.1) is 0 Å². The molecule has 7 heteroatoms. The Labute approximate surface area is 137 Å². The second-order valence-corrected chi connectivity index (χ2v) is 5.42. The highest BCUT2D eigenvalue weighted by Gasteiger charge is 2.13. The number of nitrogens with one attached hydrogen (secondary N) is 1. The third-order valence-corrected chi connectivity index (χ3v) is 3.84. The van der Waals surface area contributed by atoms with Crippen molar-refractivity contribution in [1.29, 1.82) is 0 Å². The first kappa shape index (κ1) is 15.8. The number of aromatic nitrogens is 2. The van der Waals surface area contributed by atoms with Gasteiger partial charge in [0.2, 0.25) is 5.91 Å². The van der Waals surface area contributed by atoms with Gasteiger partial charge < -0.3 is 14.3 Å². The summed E-state index contributed by atoms with van der Waals surface area (Å²) in [6.07, 6.45) is 2.13. The van der Waals surface area contributed by atoms with E-state index in [-0.39, 0.29) is 12.5 Å². The number of amides is 1. The van der Waals surface area contributed by atoms with E-state index in [9.17, 15) is 14.4 Å². The number of benzene rings is 1. The lowest BCUT2D eigenvalue weighted by Gasteiger charge is -2.12. The van der Waals surface area contributed by atoms with E-state index in [0.29, 0.717) is 24.0 Å². The average molecular weight is 327 g/mol. The second kappa shape index (κ2) is 6.57. The predicted molar refractivity (Wildman–Crippen MR) is 88.9 cm³/mol. The molecule has 24 heavy (non-hydrogen) atoms. The fourth-order valence-electron chi connectivity index (χ4n) is 2.59. The third-order valence-electron chi connectivity index (χ3n) is 3.84. The van der Waals surface area contributed by atoms with Gasteiger partial charge in [-0.2, -0.15) is 0 Å². The zero-order valence-electron chi connectivity index (χ0n) is 13.2. The molecular formula is C17H17N3O4. The molecule has 0 aliphatic rings. The van der Waals surface area contributed by atoms with Gasteiger partial charge in [0.25, 0.3) is 0 Å². The molecule has 0 bridgehead atoms. The van der Waals surface area contributed by atoms with Gasteiger partial charge >= 0.3 is 11.1 Å². The molecular weight excluding hydrogens is 310 g/mol. The number of furan rings is 1. The van der Waals surface area contributed by atoms with Crippen molar-refractivity contribution >= 4 is 16.9 Å². The Balaban J connectivity index is 1.81. The molecule has 7 nitrogen and oxygen atoms in total. The molecule has 3 rings (SSSR count). The van der Waals surface area contributed by atoms with Crippen LogP contribution in [0.25, 0.3) is 11.0 Å². The maximum atomic E-state index is 12.2. The minimum absolute atomic E-state index is 0.201. The van der Waals surface area contributed by atoms with Crippen LogP contribution >= 0.6 is 0 Å². The predicted octanol–water partition coefficient (Wildman–Crippen LogP) is 0.652. The Hall–Kier alpha value is -3.09. The minimum Gasteiger partial charge on any atom is -0.469 e. The van der Waals surface area contributed by atoms with Crippen LogP contribution in [0.1, 0.15) is 5.76 Å². The Morgan fingerprint density at radius 1 is 1.08 bits per heavy atom. The normalized spacial score (nSPS) is 10.9.